The topological polar surface area (TPSA) is 24.9 Å². The van der Waals surface area contributed by atoms with E-state index in [0.29, 0.717) is 0 Å². The van der Waals surface area contributed by atoms with Gasteiger partial charge in [0.25, 0.3) is 0 Å². The van der Waals surface area contributed by atoms with Gasteiger partial charge in [0.15, 0.2) is 0 Å². The summed E-state index contributed by atoms with van der Waals surface area (Å²) in [7, 11) is 1.92. The smallest absolute Gasteiger partial charge is 0.0722 e. The highest BCUT2D eigenvalue weighted by atomic mass is 35.5. The largest absolute Gasteiger partial charge is 0.388 e. The summed E-state index contributed by atoms with van der Waals surface area (Å²) in [4.78, 5) is 4.25. The fourth-order valence-corrected chi connectivity index (χ4v) is 1.31. The maximum absolute atomic E-state index is 4.25. The summed E-state index contributed by atoms with van der Waals surface area (Å²) in [5.41, 5.74) is 2.16. The highest BCUT2D eigenvalue weighted by Crippen LogP contribution is 2.19. The number of para-hydroxylation sites is 1. The van der Waals surface area contributed by atoms with E-state index in [4.69, 9.17) is 0 Å². The highest BCUT2D eigenvalue weighted by molar-refractivity contribution is 5.90. The van der Waals surface area contributed by atoms with Gasteiger partial charge in [-0.3, -0.25) is 4.98 Å². The highest BCUT2D eigenvalue weighted by Gasteiger charge is 1.96. The molecule has 1 N–H and O–H groups in total. The quantitative estimate of drug-likeness (QED) is 0.815. The van der Waals surface area contributed by atoms with Crippen LogP contribution < -0.4 is 5.32 Å². The molecule has 14 heavy (non-hydrogen) atoms. The van der Waals surface area contributed by atoms with Crippen LogP contribution in [0.5, 0.6) is 0 Å². The number of pyridine rings is 1. The molecule has 0 spiro atoms. The van der Waals surface area contributed by atoms with E-state index in [1.54, 1.807) is 0 Å². The molecule has 0 atom stereocenters. The van der Waals surface area contributed by atoms with Gasteiger partial charge in [0, 0.05) is 24.3 Å². The lowest BCUT2D eigenvalue weighted by atomic mass is 10.2. The first kappa shape index (κ1) is 13.0. The predicted molar refractivity (Wildman–Crippen MR) is 65.8 cm³/mol. The number of hydrogen-bond acceptors (Lipinski definition) is 2. The molecule has 2 nitrogen and oxygen atoms in total. The van der Waals surface area contributed by atoms with Crippen molar-refractivity contribution in [2.75, 3.05) is 12.4 Å². The van der Waals surface area contributed by atoms with E-state index in [9.17, 15) is 0 Å². The van der Waals surface area contributed by atoms with Gasteiger partial charge in [0.2, 0.25) is 0 Å². The molecule has 76 valence electrons. The van der Waals surface area contributed by atoms with Crippen molar-refractivity contribution in [2.45, 2.75) is 0 Å². The molecule has 4 heteroatoms. The Kier molecular flexibility index (Phi) is 5.28. The van der Waals surface area contributed by atoms with E-state index in [2.05, 4.69) is 16.4 Å². The van der Waals surface area contributed by atoms with Gasteiger partial charge >= 0.3 is 0 Å². The minimum absolute atomic E-state index is 0. The Labute approximate surface area is 95.6 Å². The van der Waals surface area contributed by atoms with E-state index in [1.807, 2.05) is 37.5 Å². The van der Waals surface area contributed by atoms with Crippen molar-refractivity contribution in [3.05, 3.63) is 36.5 Å². The minimum Gasteiger partial charge on any atom is -0.388 e. The van der Waals surface area contributed by atoms with Crippen molar-refractivity contribution in [1.29, 1.82) is 0 Å². The molecule has 0 aliphatic carbocycles. The van der Waals surface area contributed by atoms with Crippen LogP contribution in [0.1, 0.15) is 0 Å². The first-order valence-corrected chi connectivity index (χ1v) is 3.93. The van der Waals surface area contributed by atoms with Crippen LogP contribution in [0.15, 0.2) is 36.5 Å². The van der Waals surface area contributed by atoms with Gasteiger partial charge in [-0.1, -0.05) is 18.2 Å². The Morgan fingerprint density at radius 2 is 1.79 bits per heavy atom. The zero-order valence-electron chi connectivity index (χ0n) is 7.73. The second-order valence-corrected chi connectivity index (χ2v) is 2.63. The van der Waals surface area contributed by atoms with Crippen LogP contribution in [-0.4, -0.2) is 12.0 Å². The molecule has 2 rings (SSSR count). The Morgan fingerprint density at radius 1 is 1.07 bits per heavy atom. The van der Waals surface area contributed by atoms with Gasteiger partial charge in [0.05, 0.1) is 5.52 Å². The molecule has 0 unspecified atom stereocenters. The molecule has 0 fully saturated rings. The first-order valence-electron chi connectivity index (χ1n) is 3.93. The Hall–Kier alpha value is -0.990. The summed E-state index contributed by atoms with van der Waals surface area (Å²) < 4.78 is 0. The summed E-state index contributed by atoms with van der Waals surface area (Å²) in [5.74, 6) is 0. The zero-order chi connectivity index (χ0) is 8.39. The second-order valence-electron chi connectivity index (χ2n) is 2.63. The lowest BCUT2D eigenvalue weighted by molar-refractivity contribution is 1.40. The summed E-state index contributed by atoms with van der Waals surface area (Å²) in [6, 6.07) is 10.1. The number of halogens is 2. The van der Waals surface area contributed by atoms with Gasteiger partial charge in [-0.05, 0) is 12.1 Å². The van der Waals surface area contributed by atoms with Crippen LogP contribution in [0.2, 0.25) is 0 Å². The zero-order valence-corrected chi connectivity index (χ0v) is 9.36. The van der Waals surface area contributed by atoms with E-state index in [-0.39, 0.29) is 24.8 Å². The maximum Gasteiger partial charge on any atom is 0.0722 e. The molecule has 0 aliphatic rings. The molecule has 0 amide bonds. The molecule has 1 aromatic heterocycles. The molecular weight excluding hydrogens is 219 g/mol. The summed E-state index contributed by atoms with van der Waals surface area (Å²) in [5, 5.41) is 4.30. The number of fused-ring (bicyclic) bond motifs is 1. The number of anilines is 1. The van der Waals surface area contributed by atoms with Gasteiger partial charge in [-0.25, -0.2) is 0 Å². The molecule has 0 saturated heterocycles. The summed E-state index contributed by atoms with van der Waals surface area (Å²) in [6.45, 7) is 0. The molecule has 0 aliphatic heterocycles. The number of nitrogens with one attached hydrogen (secondary N) is 1. The van der Waals surface area contributed by atoms with Crippen LogP contribution in [0.25, 0.3) is 10.9 Å². The molecule has 1 heterocycles. The molecule has 1 aromatic carbocycles. The molecule has 0 bridgehead atoms. The average molecular weight is 231 g/mol. The lowest BCUT2D eigenvalue weighted by Crippen LogP contribution is -1.89. The van der Waals surface area contributed by atoms with E-state index >= 15 is 0 Å². The molecular formula is C10H12Cl2N2. The number of benzene rings is 1. The van der Waals surface area contributed by atoms with Crippen molar-refractivity contribution in [2.24, 2.45) is 0 Å². The van der Waals surface area contributed by atoms with Crippen LogP contribution in [0.3, 0.4) is 0 Å². The van der Waals surface area contributed by atoms with Crippen LogP contribution in [-0.2, 0) is 0 Å². The molecule has 0 saturated carbocycles. The Bertz CT molecular complexity index is 399. The average Bonchev–Trinajstić information content (AvgIpc) is 2.17. The van der Waals surface area contributed by atoms with E-state index < -0.39 is 0 Å². The Balaban J connectivity index is 0.000000845. The van der Waals surface area contributed by atoms with Crippen molar-refractivity contribution in [3.63, 3.8) is 0 Å². The third kappa shape index (κ3) is 2.28. The fourth-order valence-electron chi connectivity index (χ4n) is 1.31. The molecule has 2 aromatic rings. The molecule has 0 radical (unpaired) electrons. The van der Waals surface area contributed by atoms with Gasteiger partial charge in [-0.15, -0.1) is 24.8 Å². The monoisotopic (exact) mass is 230 g/mol. The second kappa shape index (κ2) is 5.68. The van der Waals surface area contributed by atoms with Crippen molar-refractivity contribution in [3.8, 4) is 0 Å². The number of rotatable bonds is 1. The normalized spacial score (nSPS) is 8.64. The standard InChI is InChI=1S/C10H10N2.2ClH/c1-11-9-6-7-12-10-5-3-2-4-8(9)10;;/h2-7H,1H3,(H,11,12);2*1H. The number of hydrogen-bond donors (Lipinski definition) is 1. The number of nitrogens with zero attached hydrogens (tertiary/aromatic N) is 1. The van der Waals surface area contributed by atoms with Crippen LogP contribution >= 0.6 is 24.8 Å². The third-order valence-corrected chi connectivity index (χ3v) is 1.92. The van der Waals surface area contributed by atoms with Crippen LogP contribution in [0, 0.1) is 0 Å². The van der Waals surface area contributed by atoms with Crippen molar-refractivity contribution >= 4 is 41.4 Å². The Morgan fingerprint density at radius 3 is 2.50 bits per heavy atom. The van der Waals surface area contributed by atoms with Crippen molar-refractivity contribution in [1.82, 2.24) is 4.98 Å². The minimum atomic E-state index is 0. The SMILES string of the molecule is CNc1ccnc2ccccc12.Cl.Cl. The fraction of sp³-hybridized carbons (Fsp3) is 0.100. The maximum atomic E-state index is 4.25. The first-order chi connectivity index (χ1) is 5.92. The van der Waals surface area contributed by atoms with Gasteiger partial charge < -0.3 is 5.32 Å². The van der Waals surface area contributed by atoms with Crippen LogP contribution in [0.4, 0.5) is 5.69 Å². The van der Waals surface area contributed by atoms with Gasteiger partial charge in [0.1, 0.15) is 0 Å². The van der Waals surface area contributed by atoms with Gasteiger partial charge in [-0.2, -0.15) is 0 Å². The lowest BCUT2D eigenvalue weighted by Gasteiger charge is -2.03. The summed E-state index contributed by atoms with van der Waals surface area (Å²) in [6.07, 6.45) is 1.81. The van der Waals surface area contributed by atoms with E-state index in [0.717, 1.165) is 11.2 Å². The van der Waals surface area contributed by atoms with Crippen molar-refractivity contribution < 1.29 is 0 Å². The third-order valence-electron chi connectivity index (χ3n) is 1.92. The van der Waals surface area contributed by atoms with E-state index in [1.165, 1.54) is 5.39 Å². The summed E-state index contributed by atoms with van der Waals surface area (Å²) >= 11 is 0. The number of aromatic nitrogens is 1. The predicted octanol–water partition coefficient (Wildman–Crippen LogP) is 3.12.